The van der Waals surface area contributed by atoms with Crippen molar-refractivity contribution >= 4 is 5.97 Å². The van der Waals surface area contributed by atoms with Gasteiger partial charge >= 0.3 is 12.1 Å². The molecule has 0 radical (unpaired) electrons. The van der Waals surface area contributed by atoms with Crippen molar-refractivity contribution in [3.8, 4) is 5.75 Å². The van der Waals surface area contributed by atoms with Gasteiger partial charge in [-0.1, -0.05) is 37.3 Å². The maximum atomic E-state index is 12.8. The quantitative estimate of drug-likeness (QED) is 0.328. The molecule has 3 N–H and O–H groups in total. The first-order chi connectivity index (χ1) is 15.1. The number of ether oxygens (including phenoxy) is 1. The van der Waals surface area contributed by atoms with E-state index in [4.69, 9.17) is 9.84 Å². The number of aliphatic hydroxyl groups is 2. The van der Waals surface area contributed by atoms with Gasteiger partial charge in [-0.25, -0.2) is 0 Å². The van der Waals surface area contributed by atoms with Crippen LogP contribution in [0.25, 0.3) is 0 Å². The highest BCUT2D eigenvalue weighted by atomic mass is 19.4. The molecule has 178 valence electrons. The molecule has 2 rings (SSSR count). The van der Waals surface area contributed by atoms with E-state index in [-0.39, 0.29) is 36.5 Å². The molecule has 0 unspecified atom stereocenters. The number of benzene rings is 1. The Labute approximate surface area is 186 Å². The molecule has 5 atom stereocenters. The van der Waals surface area contributed by atoms with Gasteiger partial charge in [0, 0.05) is 6.42 Å². The fourth-order valence-corrected chi connectivity index (χ4v) is 4.04. The van der Waals surface area contributed by atoms with E-state index in [0.717, 1.165) is 12.1 Å². The van der Waals surface area contributed by atoms with Crippen LogP contribution in [-0.4, -0.2) is 40.1 Å². The normalized spacial score (nSPS) is 24.9. The van der Waals surface area contributed by atoms with E-state index >= 15 is 0 Å². The summed E-state index contributed by atoms with van der Waals surface area (Å²) < 4.78 is 43.7. The summed E-state index contributed by atoms with van der Waals surface area (Å²) in [5, 5.41) is 29.2. The van der Waals surface area contributed by atoms with Crippen LogP contribution in [0.2, 0.25) is 0 Å². The Morgan fingerprint density at radius 3 is 2.75 bits per heavy atom. The second-order valence-corrected chi connectivity index (χ2v) is 8.30. The largest absolute Gasteiger partial charge is 0.491 e. The lowest BCUT2D eigenvalue weighted by atomic mass is 9.87. The molecule has 1 aliphatic rings. The van der Waals surface area contributed by atoms with Crippen molar-refractivity contribution in [1.29, 1.82) is 0 Å². The van der Waals surface area contributed by atoms with Gasteiger partial charge in [-0.05, 0) is 61.6 Å². The number of alkyl halides is 3. The van der Waals surface area contributed by atoms with Crippen molar-refractivity contribution in [1.82, 2.24) is 0 Å². The van der Waals surface area contributed by atoms with Gasteiger partial charge in [0.1, 0.15) is 18.5 Å². The van der Waals surface area contributed by atoms with Crippen LogP contribution in [0, 0.1) is 17.8 Å². The monoisotopic (exact) mass is 456 g/mol. The number of hydrogen-bond acceptors (Lipinski definition) is 4. The van der Waals surface area contributed by atoms with Crippen molar-refractivity contribution in [2.75, 3.05) is 6.61 Å². The summed E-state index contributed by atoms with van der Waals surface area (Å²) in [4.78, 5) is 10.5. The maximum Gasteiger partial charge on any atom is 0.416 e. The van der Waals surface area contributed by atoms with Crippen molar-refractivity contribution in [2.45, 2.75) is 57.4 Å². The number of carboxylic acid groups (broad SMARTS) is 1. The lowest BCUT2D eigenvalue weighted by Crippen LogP contribution is -2.20. The van der Waals surface area contributed by atoms with E-state index in [0.29, 0.717) is 25.7 Å². The molecule has 0 bridgehead atoms. The summed E-state index contributed by atoms with van der Waals surface area (Å²) in [5.41, 5.74) is -0.812. The zero-order chi connectivity index (χ0) is 23.7. The van der Waals surface area contributed by atoms with E-state index in [9.17, 15) is 28.2 Å². The average Bonchev–Trinajstić information content (AvgIpc) is 2.99. The number of aliphatic carboxylic acids is 1. The second-order valence-electron chi connectivity index (χ2n) is 8.30. The summed E-state index contributed by atoms with van der Waals surface area (Å²) in [5.74, 6) is -0.559. The number of allylic oxidation sites excluding steroid dienone is 3. The lowest BCUT2D eigenvalue weighted by molar-refractivity contribution is -0.138. The maximum absolute atomic E-state index is 12.8. The zero-order valence-electron chi connectivity index (χ0n) is 18.0. The molecule has 5 nitrogen and oxygen atoms in total. The third kappa shape index (κ3) is 8.31. The van der Waals surface area contributed by atoms with Crippen LogP contribution in [0.1, 0.15) is 44.6 Å². The first-order valence-electron chi connectivity index (χ1n) is 10.8. The minimum atomic E-state index is -4.46. The Hall–Kier alpha value is -2.32. The molecule has 0 aliphatic heterocycles. The molecule has 0 amide bonds. The van der Waals surface area contributed by atoms with Crippen molar-refractivity contribution in [2.24, 2.45) is 17.8 Å². The molecule has 0 aromatic heterocycles. The number of aliphatic hydroxyl groups excluding tert-OH is 2. The summed E-state index contributed by atoms with van der Waals surface area (Å²) in [6.45, 7) is 1.84. The van der Waals surface area contributed by atoms with Crippen LogP contribution >= 0.6 is 0 Å². The van der Waals surface area contributed by atoms with E-state index in [2.05, 4.69) is 0 Å². The van der Waals surface area contributed by atoms with E-state index in [1.165, 1.54) is 12.1 Å². The van der Waals surface area contributed by atoms with Crippen molar-refractivity contribution in [3.05, 3.63) is 54.1 Å². The molecule has 1 fully saturated rings. The van der Waals surface area contributed by atoms with Crippen LogP contribution in [0.3, 0.4) is 0 Å². The Morgan fingerprint density at radius 1 is 1.31 bits per heavy atom. The fourth-order valence-electron chi connectivity index (χ4n) is 4.04. The van der Waals surface area contributed by atoms with E-state index < -0.39 is 29.9 Å². The molecule has 0 heterocycles. The van der Waals surface area contributed by atoms with Gasteiger partial charge < -0.3 is 20.1 Å². The molecule has 0 spiro atoms. The van der Waals surface area contributed by atoms with Gasteiger partial charge in [-0.3, -0.25) is 4.79 Å². The third-order valence-corrected chi connectivity index (χ3v) is 5.73. The van der Waals surface area contributed by atoms with Crippen molar-refractivity contribution < 1.29 is 38.0 Å². The van der Waals surface area contributed by atoms with Crippen molar-refractivity contribution in [3.63, 3.8) is 0 Å². The Balaban J connectivity index is 1.87. The van der Waals surface area contributed by atoms with Gasteiger partial charge in [-0.15, -0.1) is 0 Å². The van der Waals surface area contributed by atoms with Gasteiger partial charge in [-0.2, -0.15) is 13.2 Å². The highest BCUT2D eigenvalue weighted by Crippen LogP contribution is 2.40. The van der Waals surface area contributed by atoms with E-state index in [1.807, 2.05) is 25.2 Å². The smallest absolute Gasteiger partial charge is 0.416 e. The molecule has 1 aromatic carbocycles. The number of halogens is 3. The van der Waals surface area contributed by atoms with Gasteiger partial charge in [0.2, 0.25) is 0 Å². The lowest BCUT2D eigenvalue weighted by Gasteiger charge is -2.20. The molecule has 32 heavy (non-hydrogen) atoms. The number of carboxylic acids is 1. The number of carbonyl (C=O) groups is 1. The highest BCUT2D eigenvalue weighted by Gasteiger charge is 2.37. The minimum absolute atomic E-state index is 0.0199. The van der Waals surface area contributed by atoms with Crippen LogP contribution in [0.4, 0.5) is 13.2 Å². The van der Waals surface area contributed by atoms with Gasteiger partial charge in [0.05, 0.1) is 11.7 Å². The first-order valence-corrected chi connectivity index (χ1v) is 10.8. The standard InChI is InChI=1S/C24H31F3O5/c1-16-13-22(29)21(9-4-2-3-5-10-23(30)31)20(16)12-11-18(28)15-32-19-8-6-7-17(14-19)24(25,26)27/h2,4,6-8,11-12,14,16,18,20-22,28-29H,3,5,9-10,13,15H2,1H3,(H,30,31)/b4-2-,12-11+/t16-,18-,20+,21-,22+/m1/s1. The molecule has 1 aliphatic carbocycles. The SMILES string of the molecule is C[C@@H]1C[C@H](O)[C@H](C/C=C\CCCC(=O)O)[C@H]1/C=C/[C@@H](O)COc1cccc(C(F)(F)F)c1. The number of unbranched alkanes of at least 4 members (excludes halogenated alkanes) is 1. The van der Waals surface area contributed by atoms with E-state index in [1.54, 1.807) is 6.08 Å². The average molecular weight is 457 g/mol. The Bertz CT molecular complexity index is 790. The Kier molecular flexibility index (Phi) is 9.78. The van der Waals surface area contributed by atoms with Gasteiger partial charge in [0.15, 0.2) is 0 Å². The Morgan fingerprint density at radius 2 is 2.06 bits per heavy atom. The third-order valence-electron chi connectivity index (χ3n) is 5.73. The van der Waals surface area contributed by atoms with Gasteiger partial charge in [0.25, 0.3) is 0 Å². The zero-order valence-corrected chi connectivity index (χ0v) is 18.0. The molecular formula is C24H31F3O5. The fraction of sp³-hybridized carbons (Fsp3) is 0.542. The van der Waals surface area contributed by atoms with Crippen LogP contribution in [0.5, 0.6) is 5.75 Å². The predicted molar refractivity (Wildman–Crippen MR) is 114 cm³/mol. The predicted octanol–water partition coefficient (Wildman–Crippen LogP) is 4.84. The first kappa shape index (κ1) is 25.9. The van der Waals surface area contributed by atoms with Crippen LogP contribution < -0.4 is 4.74 Å². The van der Waals surface area contributed by atoms with Crippen LogP contribution in [0.15, 0.2) is 48.6 Å². The van der Waals surface area contributed by atoms with Crippen LogP contribution in [-0.2, 0) is 11.0 Å². The second kappa shape index (κ2) is 12.1. The number of rotatable bonds is 11. The summed E-state index contributed by atoms with van der Waals surface area (Å²) >= 11 is 0. The molecule has 8 heteroatoms. The minimum Gasteiger partial charge on any atom is -0.491 e. The highest BCUT2D eigenvalue weighted by molar-refractivity contribution is 5.66. The molecule has 1 saturated carbocycles. The summed E-state index contributed by atoms with van der Waals surface area (Å²) in [6.07, 6.45) is 4.01. The summed E-state index contributed by atoms with van der Waals surface area (Å²) in [7, 11) is 0. The molecule has 0 saturated heterocycles. The molecular weight excluding hydrogens is 425 g/mol. The topological polar surface area (TPSA) is 87.0 Å². The number of hydrogen-bond donors (Lipinski definition) is 3. The summed E-state index contributed by atoms with van der Waals surface area (Å²) in [6, 6.07) is 4.50. The molecule has 1 aromatic rings.